The van der Waals surface area contributed by atoms with Crippen LogP contribution in [0.2, 0.25) is 0 Å². The molecule has 0 unspecified atom stereocenters. The molecule has 1 aromatic rings. The summed E-state index contributed by atoms with van der Waals surface area (Å²) >= 11 is 0. The first kappa shape index (κ1) is 16.5. The zero-order valence-corrected chi connectivity index (χ0v) is 14.0. The predicted molar refractivity (Wildman–Crippen MR) is 85.5 cm³/mol. The monoisotopic (exact) mass is 310 g/mol. The maximum absolute atomic E-state index is 12.8. The molecule has 0 amide bonds. The zero-order valence-electron chi connectivity index (χ0n) is 13.2. The van der Waals surface area contributed by atoms with Gasteiger partial charge in [-0.2, -0.15) is 4.31 Å². The number of hydrogen-bond acceptors (Lipinski definition) is 3. The Labute approximate surface area is 128 Å². The van der Waals surface area contributed by atoms with E-state index in [1.54, 1.807) is 16.4 Å². The van der Waals surface area contributed by atoms with E-state index in [9.17, 15) is 8.42 Å². The first-order valence-corrected chi connectivity index (χ1v) is 9.06. The third kappa shape index (κ3) is 3.47. The van der Waals surface area contributed by atoms with Crippen LogP contribution >= 0.6 is 0 Å². The minimum Gasteiger partial charge on any atom is -0.326 e. The van der Waals surface area contributed by atoms with Crippen LogP contribution in [0.1, 0.15) is 44.7 Å². The van der Waals surface area contributed by atoms with Gasteiger partial charge in [-0.05, 0) is 47.9 Å². The Balaban J connectivity index is 2.35. The van der Waals surface area contributed by atoms with Crippen LogP contribution in [0.15, 0.2) is 23.1 Å². The minimum atomic E-state index is -3.41. The topological polar surface area (TPSA) is 63.4 Å². The molecule has 0 bridgehead atoms. The van der Waals surface area contributed by atoms with Crippen LogP contribution in [-0.2, 0) is 23.0 Å². The lowest BCUT2D eigenvalue weighted by Gasteiger charge is -2.37. The van der Waals surface area contributed by atoms with Crippen molar-refractivity contribution in [1.82, 2.24) is 4.31 Å². The quantitative estimate of drug-likeness (QED) is 0.929. The Hall–Kier alpha value is -0.910. The molecule has 0 aromatic heterocycles. The molecule has 2 N–H and O–H groups in total. The highest BCUT2D eigenvalue weighted by molar-refractivity contribution is 7.89. The van der Waals surface area contributed by atoms with Crippen LogP contribution in [0.4, 0.5) is 0 Å². The summed E-state index contributed by atoms with van der Waals surface area (Å²) in [5, 5.41) is 0. The molecule has 0 aliphatic carbocycles. The van der Waals surface area contributed by atoms with E-state index in [0.29, 0.717) is 24.5 Å². The van der Waals surface area contributed by atoms with Crippen molar-refractivity contribution in [3.63, 3.8) is 0 Å². The number of hydrogen-bond donors (Lipinski definition) is 1. The molecule has 1 heterocycles. The number of piperidine rings is 1. The van der Waals surface area contributed by atoms with Gasteiger partial charge in [0, 0.05) is 19.6 Å². The third-order valence-electron chi connectivity index (χ3n) is 4.28. The molecule has 0 spiro atoms. The average molecular weight is 310 g/mol. The smallest absolute Gasteiger partial charge is 0.243 e. The SMILES string of the molecule is CCc1ccc(S(=O)(=O)N2CCCC(C)(C)C2)cc1CN. The number of nitrogens with zero attached hydrogens (tertiary/aromatic N) is 1. The first-order valence-electron chi connectivity index (χ1n) is 7.62. The molecule has 1 fully saturated rings. The Morgan fingerprint density at radius 3 is 2.57 bits per heavy atom. The second-order valence-corrected chi connectivity index (χ2v) is 8.53. The Morgan fingerprint density at radius 2 is 2.00 bits per heavy atom. The fraction of sp³-hybridized carbons (Fsp3) is 0.625. The molecular weight excluding hydrogens is 284 g/mol. The number of benzene rings is 1. The molecule has 21 heavy (non-hydrogen) atoms. The summed E-state index contributed by atoms with van der Waals surface area (Å²) < 4.78 is 27.3. The van der Waals surface area contributed by atoms with Gasteiger partial charge in [-0.15, -0.1) is 0 Å². The largest absolute Gasteiger partial charge is 0.326 e. The number of nitrogens with two attached hydrogens (primary N) is 1. The summed E-state index contributed by atoms with van der Waals surface area (Å²) in [5.41, 5.74) is 7.85. The molecule has 0 saturated carbocycles. The number of aryl methyl sites for hydroxylation is 1. The molecule has 5 heteroatoms. The van der Waals surface area contributed by atoms with Gasteiger partial charge in [0.15, 0.2) is 0 Å². The standard InChI is InChI=1S/C16H26N2O2S/c1-4-13-6-7-15(10-14(13)11-17)21(19,20)18-9-5-8-16(2,3)12-18/h6-7,10H,4-5,8-9,11-12,17H2,1-3H3. The second kappa shape index (κ2) is 6.07. The third-order valence-corrected chi connectivity index (χ3v) is 6.12. The highest BCUT2D eigenvalue weighted by atomic mass is 32.2. The molecule has 1 aromatic carbocycles. The van der Waals surface area contributed by atoms with E-state index in [-0.39, 0.29) is 5.41 Å². The van der Waals surface area contributed by atoms with Crippen molar-refractivity contribution in [1.29, 1.82) is 0 Å². The lowest BCUT2D eigenvalue weighted by Crippen LogP contribution is -2.43. The Kier molecular flexibility index (Phi) is 4.76. The van der Waals surface area contributed by atoms with E-state index in [0.717, 1.165) is 30.4 Å². The van der Waals surface area contributed by atoms with Gasteiger partial charge in [0.25, 0.3) is 0 Å². The molecule has 1 aliphatic heterocycles. The van der Waals surface area contributed by atoms with Crippen molar-refractivity contribution in [2.45, 2.75) is 51.5 Å². The van der Waals surface area contributed by atoms with Gasteiger partial charge in [0.2, 0.25) is 10.0 Å². The highest BCUT2D eigenvalue weighted by Crippen LogP contribution is 2.32. The maximum Gasteiger partial charge on any atom is 0.243 e. The van der Waals surface area contributed by atoms with Crippen LogP contribution in [0.25, 0.3) is 0 Å². The van der Waals surface area contributed by atoms with E-state index in [4.69, 9.17) is 5.73 Å². The Bertz CT molecular complexity index is 609. The molecule has 0 radical (unpaired) electrons. The van der Waals surface area contributed by atoms with E-state index < -0.39 is 10.0 Å². The molecule has 1 saturated heterocycles. The number of sulfonamides is 1. The second-order valence-electron chi connectivity index (χ2n) is 6.59. The normalized spacial score (nSPS) is 19.6. The van der Waals surface area contributed by atoms with Crippen LogP contribution in [-0.4, -0.2) is 25.8 Å². The summed E-state index contributed by atoms with van der Waals surface area (Å²) in [6, 6.07) is 5.36. The van der Waals surface area contributed by atoms with Crippen LogP contribution in [0.5, 0.6) is 0 Å². The summed E-state index contributed by atoms with van der Waals surface area (Å²) in [4.78, 5) is 0.373. The van der Waals surface area contributed by atoms with Crippen molar-refractivity contribution < 1.29 is 8.42 Å². The van der Waals surface area contributed by atoms with Gasteiger partial charge in [0.05, 0.1) is 4.90 Å². The van der Waals surface area contributed by atoms with Crippen LogP contribution < -0.4 is 5.73 Å². The van der Waals surface area contributed by atoms with Crippen LogP contribution in [0.3, 0.4) is 0 Å². The first-order chi connectivity index (χ1) is 9.80. The fourth-order valence-corrected chi connectivity index (χ4v) is 4.74. The molecular formula is C16H26N2O2S. The fourth-order valence-electron chi connectivity index (χ4n) is 3.02. The van der Waals surface area contributed by atoms with Crippen molar-refractivity contribution in [3.8, 4) is 0 Å². The van der Waals surface area contributed by atoms with Gasteiger partial charge in [0.1, 0.15) is 0 Å². The van der Waals surface area contributed by atoms with E-state index in [1.807, 2.05) is 6.07 Å². The van der Waals surface area contributed by atoms with Crippen molar-refractivity contribution in [3.05, 3.63) is 29.3 Å². The van der Waals surface area contributed by atoms with Gasteiger partial charge < -0.3 is 5.73 Å². The number of rotatable bonds is 4. The maximum atomic E-state index is 12.8. The molecule has 1 aliphatic rings. The molecule has 0 atom stereocenters. The molecule has 118 valence electrons. The lowest BCUT2D eigenvalue weighted by atomic mass is 9.85. The molecule has 4 nitrogen and oxygen atoms in total. The Morgan fingerprint density at radius 1 is 1.29 bits per heavy atom. The zero-order chi connectivity index (χ0) is 15.7. The van der Waals surface area contributed by atoms with Gasteiger partial charge >= 0.3 is 0 Å². The summed E-state index contributed by atoms with van der Waals surface area (Å²) in [6.07, 6.45) is 2.86. The molecule has 2 rings (SSSR count). The van der Waals surface area contributed by atoms with E-state index >= 15 is 0 Å². The highest BCUT2D eigenvalue weighted by Gasteiger charge is 2.34. The van der Waals surface area contributed by atoms with Crippen molar-refractivity contribution in [2.24, 2.45) is 11.1 Å². The van der Waals surface area contributed by atoms with E-state index in [2.05, 4.69) is 20.8 Å². The van der Waals surface area contributed by atoms with Gasteiger partial charge in [-0.1, -0.05) is 26.8 Å². The van der Waals surface area contributed by atoms with E-state index in [1.165, 1.54) is 0 Å². The predicted octanol–water partition coefficient (Wildman–Crippen LogP) is 2.52. The minimum absolute atomic E-state index is 0.0470. The van der Waals surface area contributed by atoms with Crippen molar-refractivity contribution in [2.75, 3.05) is 13.1 Å². The van der Waals surface area contributed by atoms with Gasteiger partial charge in [-0.3, -0.25) is 0 Å². The van der Waals surface area contributed by atoms with Crippen molar-refractivity contribution >= 4 is 10.0 Å². The lowest BCUT2D eigenvalue weighted by molar-refractivity contribution is 0.187. The van der Waals surface area contributed by atoms with Gasteiger partial charge in [-0.25, -0.2) is 8.42 Å². The van der Waals surface area contributed by atoms with Crippen LogP contribution in [0, 0.1) is 5.41 Å². The summed E-state index contributed by atoms with van der Waals surface area (Å²) in [6.45, 7) is 7.87. The summed E-state index contributed by atoms with van der Waals surface area (Å²) in [5.74, 6) is 0. The average Bonchev–Trinajstić information content (AvgIpc) is 2.45. The summed E-state index contributed by atoms with van der Waals surface area (Å²) in [7, 11) is -3.41.